The summed E-state index contributed by atoms with van der Waals surface area (Å²) in [5.74, 6) is -0.308. The molecule has 0 saturated carbocycles. The van der Waals surface area contributed by atoms with Gasteiger partial charge >= 0.3 is 5.97 Å². The molecule has 0 amide bonds. The lowest BCUT2D eigenvalue weighted by Crippen LogP contribution is -2.38. The van der Waals surface area contributed by atoms with Crippen molar-refractivity contribution in [3.8, 4) is 0 Å². The zero-order valence-electron chi connectivity index (χ0n) is 10.7. The molecule has 0 aliphatic carbocycles. The second-order valence-corrected chi connectivity index (χ2v) is 5.12. The lowest BCUT2D eigenvalue weighted by Gasteiger charge is -2.24. The molecule has 0 N–H and O–H groups in total. The van der Waals surface area contributed by atoms with E-state index in [1.165, 1.54) is 0 Å². The highest BCUT2D eigenvalue weighted by atomic mass is 16.9. The minimum Gasteiger partial charge on any atom is -0.460 e. The first-order valence-corrected chi connectivity index (χ1v) is 6.27. The van der Waals surface area contributed by atoms with Crippen molar-refractivity contribution in [1.82, 2.24) is 0 Å². The number of epoxide rings is 1. The van der Waals surface area contributed by atoms with Crippen LogP contribution in [0.5, 0.6) is 0 Å². The largest absolute Gasteiger partial charge is 0.460 e. The molecular formula is C14H16O5. The summed E-state index contributed by atoms with van der Waals surface area (Å²) in [6, 6.07) is 9.57. The number of hydrogen-bond donors (Lipinski definition) is 0. The van der Waals surface area contributed by atoms with E-state index in [4.69, 9.17) is 18.9 Å². The van der Waals surface area contributed by atoms with Gasteiger partial charge in [-0.1, -0.05) is 30.3 Å². The minimum atomic E-state index is -0.772. The van der Waals surface area contributed by atoms with Gasteiger partial charge < -0.3 is 18.9 Å². The smallest absolute Gasteiger partial charge is 0.316 e. The Bertz CT molecular complexity index is 446. The molecule has 2 saturated heterocycles. The van der Waals surface area contributed by atoms with Gasteiger partial charge in [-0.05, 0) is 12.5 Å². The highest BCUT2D eigenvalue weighted by Crippen LogP contribution is 2.34. The van der Waals surface area contributed by atoms with E-state index in [0.29, 0.717) is 0 Å². The second-order valence-electron chi connectivity index (χ2n) is 5.12. The average Bonchev–Trinajstić information content (AvgIpc) is 3.20. The Balaban J connectivity index is 1.57. The average molecular weight is 264 g/mol. The van der Waals surface area contributed by atoms with Crippen molar-refractivity contribution in [1.29, 1.82) is 0 Å². The lowest BCUT2D eigenvalue weighted by molar-refractivity contribution is -0.166. The molecule has 5 nitrogen and oxygen atoms in total. The van der Waals surface area contributed by atoms with Crippen molar-refractivity contribution in [2.45, 2.75) is 26.1 Å². The van der Waals surface area contributed by atoms with E-state index in [0.717, 1.165) is 5.56 Å². The van der Waals surface area contributed by atoms with E-state index in [-0.39, 0.29) is 38.4 Å². The van der Waals surface area contributed by atoms with Crippen molar-refractivity contribution in [2.75, 3.05) is 13.2 Å². The summed E-state index contributed by atoms with van der Waals surface area (Å²) < 4.78 is 21.2. The van der Waals surface area contributed by atoms with Crippen LogP contribution >= 0.6 is 0 Å². The third kappa shape index (κ3) is 2.78. The van der Waals surface area contributed by atoms with Crippen molar-refractivity contribution in [3.05, 3.63) is 35.9 Å². The van der Waals surface area contributed by atoms with E-state index >= 15 is 0 Å². The van der Waals surface area contributed by atoms with Crippen LogP contribution in [0.15, 0.2) is 30.3 Å². The molecule has 2 aliphatic rings. The van der Waals surface area contributed by atoms with Gasteiger partial charge in [0.25, 0.3) is 0 Å². The fraction of sp³-hybridized carbons (Fsp3) is 0.500. The van der Waals surface area contributed by atoms with E-state index < -0.39 is 5.41 Å². The van der Waals surface area contributed by atoms with Gasteiger partial charge in [0.2, 0.25) is 12.6 Å². The summed E-state index contributed by atoms with van der Waals surface area (Å²) in [7, 11) is 0. The molecule has 0 spiro atoms. The molecule has 2 atom stereocenters. The Labute approximate surface area is 111 Å². The van der Waals surface area contributed by atoms with Crippen molar-refractivity contribution in [2.24, 2.45) is 5.41 Å². The van der Waals surface area contributed by atoms with Crippen LogP contribution in [0.2, 0.25) is 0 Å². The topological polar surface area (TPSA) is 57.3 Å². The van der Waals surface area contributed by atoms with E-state index in [1.807, 2.05) is 30.3 Å². The highest BCUT2D eigenvalue weighted by Gasteiger charge is 2.50. The number of carbonyl (C=O) groups excluding carboxylic acids is 1. The van der Waals surface area contributed by atoms with Crippen molar-refractivity contribution < 1.29 is 23.7 Å². The molecule has 2 heterocycles. The Morgan fingerprint density at radius 3 is 2.53 bits per heavy atom. The van der Waals surface area contributed by atoms with Crippen LogP contribution in [0.3, 0.4) is 0 Å². The Kier molecular flexibility index (Phi) is 3.26. The van der Waals surface area contributed by atoms with Gasteiger partial charge in [-0.2, -0.15) is 0 Å². The molecule has 1 aromatic carbocycles. The van der Waals surface area contributed by atoms with E-state index in [2.05, 4.69) is 0 Å². The summed E-state index contributed by atoms with van der Waals surface area (Å²) in [6.45, 7) is 2.55. The fourth-order valence-electron chi connectivity index (χ4n) is 1.91. The SMILES string of the molecule is CC1(C(=O)OCc2ccccc2)COC2OC2OC1. The zero-order valence-corrected chi connectivity index (χ0v) is 10.7. The molecule has 0 bridgehead atoms. The summed E-state index contributed by atoms with van der Waals surface area (Å²) in [6.07, 6.45) is -0.632. The van der Waals surface area contributed by atoms with E-state index in [1.54, 1.807) is 6.92 Å². The number of hydrogen-bond acceptors (Lipinski definition) is 5. The minimum absolute atomic E-state index is 0.252. The van der Waals surface area contributed by atoms with Gasteiger partial charge in [0.05, 0.1) is 13.2 Å². The molecule has 1 aromatic rings. The van der Waals surface area contributed by atoms with Crippen LogP contribution < -0.4 is 0 Å². The summed E-state index contributed by atoms with van der Waals surface area (Å²) in [5.41, 5.74) is 0.187. The summed E-state index contributed by atoms with van der Waals surface area (Å²) in [4.78, 5) is 12.1. The number of benzene rings is 1. The first-order valence-electron chi connectivity index (χ1n) is 6.27. The standard InChI is InChI=1S/C14H16O5/c1-14(8-17-11-12(19-11)18-9-14)13(15)16-7-10-5-3-2-4-6-10/h2-6,11-12H,7-9H2,1H3. The van der Waals surface area contributed by atoms with Gasteiger partial charge in [-0.3, -0.25) is 4.79 Å². The monoisotopic (exact) mass is 264 g/mol. The molecule has 5 heteroatoms. The second kappa shape index (κ2) is 4.92. The maximum atomic E-state index is 12.1. The Morgan fingerprint density at radius 1 is 1.26 bits per heavy atom. The maximum absolute atomic E-state index is 12.1. The van der Waals surface area contributed by atoms with Gasteiger partial charge in [-0.15, -0.1) is 0 Å². The fourth-order valence-corrected chi connectivity index (χ4v) is 1.91. The predicted octanol–water partition coefficient (Wildman–Crippen LogP) is 1.47. The maximum Gasteiger partial charge on any atom is 0.316 e. The van der Waals surface area contributed by atoms with Gasteiger partial charge in [0, 0.05) is 0 Å². The van der Waals surface area contributed by atoms with Crippen LogP contribution in [0, 0.1) is 5.41 Å². The normalized spacial score (nSPS) is 33.1. The number of ether oxygens (including phenoxy) is 4. The molecular weight excluding hydrogens is 248 g/mol. The molecule has 0 radical (unpaired) electrons. The quantitative estimate of drug-likeness (QED) is 0.611. The molecule has 2 aliphatic heterocycles. The molecule has 19 heavy (non-hydrogen) atoms. The van der Waals surface area contributed by atoms with Crippen molar-refractivity contribution in [3.63, 3.8) is 0 Å². The Morgan fingerprint density at radius 2 is 1.89 bits per heavy atom. The third-order valence-electron chi connectivity index (χ3n) is 3.25. The van der Waals surface area contributed by atoms with Gasteiger partial charge in [-0.25, -0.2) is 0 Å². The van der Waals surface area contributed by atoms with Gasteiger partial charge in [0.15, 0.2) is 0 Å². The van der Waals surface area contributed by atoms with Crippen LogP contribution in [-0.2, 0) is 30.3 Å². The molecule has 2 unspecified atom stereocenters. The first-order chi connectivity index (χ1) is 9.17. The van der Waals surface area contributed by atoms with Crippen LogP contribution in [0.25, 0.3) is 0 Å². The van der Waals surface area contributed by atoms with E-state index in [9.17, 15) is 4.79 Å². The third-order valence-corrected chi connectivity index (χ3v) is 3.25. The molecule has 102 valence electrons. The predicted molar refractivity (Wildman–Crippen MR) is 64.9 cm³/mol. The zero-order chi connectivity index (χ0) is 13.3. The number of esters is 1. The molecule has 0 aromatic heterocycles. The van der Waals surface area contributed by atoms with Crippen LogP contribution in [0.1, 0.15) is 12.5 Å². The molecule has 2 fully saturated rings. The van der Waals surface area contributed by atoms with Crippen molar-refractivity contribution >= 4 is 5.97 Å². The number of carbonyl (C=O) groups is 1. The molecule has 3 rings (SSSR count). The highest BCUT2D eigenvalue weighted by molar-refractivity contribution is 5.76. The first kappa shape index (κ1) is 12.6. The Hall–Kier alpha value is -1.43. The lowest BCUT2D eigenvalue weighted by atomic mass is 9.93. The van der Waals surface area contributed by atoms with Crippen LogP contribution in [-0.4, -0.2) is 31.8 Å². The number of rotatable bonds is 3. The van der Waals surface area contributed by atoms with Crippen LogP contribution in [0.4, 0.5) is 0 Å². The summed E-state index contributed by atoms with van der Waals surface area (Å²) in [5, 5.41) is 0. The van der Waals surface area contributed by atoms with Gasteiger partial charge in [0.1, 0.15) is 12.0 Å². The number of fused-ring (bicyclic) bond motifs is 1. The summed E-state index contributed by atoms with van der Waals surface area (Å²) >= 11 is 0.